The van der Waals surface area contributed by atoms with E-state index in [-0.39, 0.29) is 46.2 Å². The molecule has 0 radical (unpaired) electrons. The van der Waals surface area contributed by atoms with E-state index in [2.05, 4.69) is 15.9 Å². The van der Waals surface area contributed by atoms with E-state index >= 15 is 0 Å². The third kappa shape index (κ3) is 11.1. The van der Waals surface area contributed by atoms with E-state index in [0.717, 1.165) is 33.9 Å². The minimum Gasteiger partial charge on any atom is -0.497 e. The zero-order chi connectivity index (χ0) is 34.0. The van der Waals surface area contributed by atoms with Gasteiger partial charge in [0.25, 0.3) is 0 Å². The van der Waals surface area contributed by atoms with Gasteiger partial charge in [0, 0.05) is 18.1 Å². The molecule has 0 bridgehead atoms. The highest BCUT2D eigenvalue weighted by atomic mass is 16.7. The van der Waals surface area contributed by atoms with E-state index in [1.165, 1.54) is 0 Å². The van der Waals surface area contributed by atoms with Crippen LogP contribution >= 0.6 is 0 Å². The van der Waals surface area contributed by atoms with Crippen LogP contribution in [0.25, 0.3) is 10.4 Å². The van der Waals surface area contributed by atoms with Crippen molar-refractivity contribution in [2.24, 2.45) is 5.11 Å². The van der Waals surface area contributed by atoms with Crippen LogP contribution in [0.4, 0.5) is 0 Å². The first kappa shape index (κ1) is 36.5. The van der Waals surface area contributed by atoms with Gasteiger partial charge in [0.1, 0.15) is 48.3 Å². The van der Waals surface area contributed by atoms with Crippen molar-refractivity contribution in [2.75, 3.05) is 47.7 Å². The van der Waals surface area contributed by atoms with Crippen LogP contribution in [0, 0.1) is 12.3 Å². The van der Waals surface area contributed by atoms with Gasteiger partial charge in [-0.3, -0.25) is 0 Å². The summed E-state index contributed by atoms with van der Waals surface area (Å²) in [4.78, 5) is 2.83. The molecular weight excluding hydrogens is 618 g/mol. The molecule has 0 N–H and O–H groups in total. The van der Waals surface area contributed by atoms with Crippen molar-refractivity contribution in [2.45, 2.75) is 56.9 Å². The maximum Gasteiger partial charge on any atom is 0.186 e. The molecule has 48 heavy (non-hydrogen) atoms. The van der Waals surface area contributed by atoms with Crippen LogP contribution in [-0.4, -0.2) is 78.4 Å². The normalized spacial score (nSPS) is 20.3. The van der Waals surface area contributed by atoms with Crippen molar-refractivity contribution in [1.82, 2.24) is 0 Å². The van der Waals surface area contributed by atoms with Gasteiger partial charge in [0.15, 0.2) is 6.29 Å². The summed E-state index contributed by atoms with van der Waals surface area (Å²) in [5.74, 6) is 4.73. The summed E-state index contributed by atoms with van der Waals surface area (Å²) < 4.78 is 54.3. The highest BCUT2D eigenvalue weighted by Gasteiger charge is 2.49. The van der Waals surface area contributed by atoms with E-state index in [4.69, 9.17) is 54.6 Å². The number of terminal acetylenes is 1. The number of methoxy groups -OCH3 is 3. The highest BCUT2D eigenvalue weighted by Crippen LogP contribution is 2.32. The quantitative estimate of drug-likeness (QED) is 0.0480. The molecule has 1 aliphatic heterocycles. The zero-order valence-corrected chi connectivity index (χ0v) is 27.6. The van der Waals surface area contributed by atoms with Crippen LogP contribution in [-0.2, 0) is 48.2 Å². The molecular formula is C36H43N3O9. The van der Waals surface area contributed by atoms with Gasteiger partial charge in [0.2, 0.25) is 0 Å². The summed E-state index contributed by atoms with van der Waals surface area (Å²) in [7, 11) is 4.87. The smallest absolute Gasteiger partial charge is 0.186 e. The number of hydrogen-bond donors (Lipinski definition) is 0. The lowest BCUT2D eigenvalue weighted by Gasteiger charge is -2.45. The second-order valence-electron chi connectivity index (χ2n) is 10.8. The zero-order valence-electron chi connectivity index (χ0n) is 27.6. The monoisotopic (exact) mass is 661 g/mol. The molecule has 5 atom stereocenters. The van der Waals surface area contributed by atoms with Crippen molar-refractivity contribution in [3.63, 3.8) is 0 Å². The topological polar surface area (TPSA) is 132 Å². The Morgan fingerprint density at radius 2 is 1.19 bits per heavy atom. The third-order valence-electron chi connectivity index (χ3n) is 7.61. The fraction of sp³-hybridized carbons (Fsp3) is 0.444. The second-order valence-corrected chi connectivity index (χ2v) is 10.8. The fourth-order valence-corrected chi connectivity index (χ4v) is 5.07. The first-order valence-corrected chi connectivity index (χ1v) is 15.6. The molecule has 0 aromatic heterocycles. The number of hydrogen-bond acceptors (Lipinski definition) is 10. The van der Waals surface area contributed by atoms with Crippen LogP contribution < -0.4 is 14.2 Å². The summed E-state index contributed by atoms with van der Waals surface area (Å²) in [6, 6.07) is 22.9. The molecule has 256 valence electrons. The molecule has 0 spiro atoms. The summed E-state index contributed by atoms with van der Waals surface area (Å²) in [6.45, 7) is 1.51. The lowest BCUT2D eigenvalue weighted by atomic mass is 9.97. The predicted octanol–water partition coefficient (Wildman–Crippen LogP) is 5.86. The molecule has 0 saturated carbocycles. The molecule has 1 saturated heterocycles. The summed E-state index contributed by atoms with van der Waals surface area (Å²) in [6.07, 6.45) is 2.44. The van der Waals surface area contributed by atoms with Gasteiger partial charge < -0.3 is 42.6 Å². The predicted molar refractivity (Wildman–Crippen MR) is 178 cm³/mol. The first-order chi connectivity index (χ1) is 23.6. The minimum atomic E-state index is -0.865. The van der Waals surface area contributed by atoms with Crippen LogP contribution in [0.5, 0.6) is 17.2 Å². The highest BCUT2D eigenvalue weighted by molar-refractivity contribution is 5.28. The van der Waals surface area contributed by atoms with Gasteiger partial charge in [-0.05, 0) is 65.0 Å². The Morgan fingerprint density at radius 3 is 1.65 bits per heavy atom. The third-order valence-corrected chi connectivity index (χ3v) is 7.61. The van der Waals surface area contributed by atoms with Crippen LogP contribution in [0.15, 0.2) is 77.9 Å². The largest absolute Gasteiger partial charge is 0.497 e. The van der Waals surface area contributed by atoms with Crippen molar-refractivity contribution in [3.05, 3.63) is 99.9 Å². The van der Waals surface area contributed by atoms with Crippen molar-refractivity contribution in [3.8, 4) is 29.6 Å². The number of azide groups is 1. The summed E-state index contributed by atoms with van der Waals surface area (Å²) >= 11 is 0. The Bertz CT molecular complexity index is 1440. The molecule has 12 heteroatoms. The van der Waals surface area contributed by atoms with Gasteiger partial charge in [-0.15, -0.1) is 6.42 Å². The maximum atomic E-state index is 8.70. The Morgan fingerprint density at radius 1 is 0.708 bits per heavy atom. The molecule has 3 aromatic rings. The molecule has 0 amide bonds. The lowest BCUT2D eigenvalue weighted by molar-refractivity contribution is -0.327. The van der Waals surface area contributed by atoms with Crippen molar-refractivity contribution in [1.29, 1.82) is 0 Å². The standard InChI is InChI=1S/C36H43N3O9/c1-5-20-43-25-32-33(45-22-26-7-13-29(40-2)14-8-26)34(46-23-27-9-15-30(41-3)16-10-27)35(36(48-32)44-21-6-19-38-39-37)47-24-28-11-17-31(42-4)18-12-28/h1,7-18,32-36H,6,19-25H2,2-4H3/t32-,33-,34+,35-,36?/m1/s1. The van der Waals surface area contributed by atoms with Gasteiger partial charge >= 0.3 is 0 Å². The lowest BCUT2D eigenvalue weighted by Crippen LogP contribution is -2.61. The number of rotatable bonds is 20. The molecule has 0 aliphatic carbocycles. The number of ether oxygens (including phenoxy) is 9. The van der Waals surface area contributed by atoms with Gasteiger partial charge in [-0.1, -0.05) is 47.4 Å². The van der Waals surface area contributed by atoms with E-state index < -0.39 is 30.7 Å². The van der Waals surface area contributed by atoms with Gasteiger partial charge in [-0.25, -0.2) is 0 Å². The molecule has 1 unspecified atom stereocenters. The van der Waals surface area contributed by atoms with Crippen molar-refractivity contribution < 1.29 is 42.6 Å². The molecule has 1 aliphatic rings. The Balaban J connectivity index is 1.64. The summed E-state index contributed by atoms with van der Waals surface area (Å²) in [5.41, 5.74) is 11.5. The maximum absolute atomic E-state index is 8.70. The molecule has 3 aromatic carbocycles. The molecule has 4 rings (SSSR count). The Hall–Kier alpha value is -4.31. The SMILES string of the molecule is C#CCOC[C@H]1OC(OCCCN=[N+]=[N-])[C@H](OCc2ccc(OC)cc2)[C@@H](OCc2ccc(OC)cc2)[C@@H]1OCc1ccc(OC)cc1. The first-order valence-electron chi connectivity index (χ1n) is 15.6. The van der Waals surface area contributed by atoms with Gasteiger partial charge in [0.05, 0.1) is 47.8 Å². The number of nitrogens with zero attached hydrogens (tertiary/aromatic N) is 3. The molecule has 1 heterocycles. The number of benzene rings is 3. The average Bonchev–Trinajstić information content (AvgIpc) is 3.13. The Labute approximate surface area is 281 Å². The molecule has 12 nitrogen and oxygen atoms in total. The fourth-order valence-electron chi connectivity index (χ4n) is 5.07. The van der Waals surface area contributed by atoms with Gasteiger partial charge in [-0.2, -0.15) is 0 Å². The van der Waals surface area contributed by atoms with Crippen molar-refractivity contribution >= 4 is 0 Å². The van der Waals surface area contributed by atoms with E-state index in [1.54, 1.807) is 21.3 Å². The van der Waals surface area contributed by atoms with Crippen LogP contribution in [0.3, 0.4) is 0 Å². The average molecular weight is 662 g/mol. The van der Waals surface area contributed by atoms with Crippen LogP contribution in [0.2, 0.25) is 0 Å². The Kier molecular flexibility index (Phi) is 15.3. The van der Waals surface area contributed by atoms with E-state index in [1.807, 2.05) is 72.8 Å². The van der Waals surface area contributed by atoms with E-state index in [9.17, 15) is 0 Å². The molecule has 1 fully saturated rings. The second kappa shape index (κ2) is 20.1. The minimum absolute atomic E-state index is 0.0948. The van der Waals surface area contributed by atoms with E-state index in [0.29, 0.717) is 6.42 Å². The summed E-state index contributed by atoms with van der Waals surface area (Å²) in [5, 5.41) is 3.61. The van der Waals surface area contributed by atoms with Crippen LogP contribution in [0.1, 0.15) is 23.1 Å².